The lowest BCUT2D eigenvalue weighted by atomic mass is 9.79. The Bertz CT molecular complexity index is 5020. The van der Waals surface area contributed by atoms with Crippen LogP contribution in [-0.2, 0) is 21.7 Å². The lowest BCUT2D eigenvalue weighted by Gasteiger charge is -2.24. The number of fused-ring (bicyclic) bond motifs is 24. The first-order chi connectivity index (χ1) is 40.6. The van der Waals surface area contributed by atoms with Crippen molar-refractivity contribution in [3.8, 4) is 77.9 Å². The zero-order chi connectivity index (χ0) is 56.5. The molecule has 0 radical (unpaired) electrons. The van der Waals surface area contributed by atoms with Crippen LogP contribution in [0.15, 0.2) is 231 Å². The van der Waals surface area contributed by atoms with E-state index in [2.05, 4.69) is 286 Å². The second-order valence-electron chi connectivity index (χ2n) is 27.1. The van der Waals surface area contributed by atoms with E-state index < -0.39 is 0 Å². The average Bonchev–Trinajstić information content (AvgIpc) is 1.58. The highest BCUT2D eigenvalue weighted by molar-refractivity contribution is 6.27. The van der Waals surface area contributed by atoms with Gasteiger partial charge in [0.2, 0.25) is 0 Å². The van der Waals surface area contributed by atoms with Crippen molar-refractivity contribution < 1.29 is 0 Å². The Morgan fingerprint density at radius 3 is 0.536 bits per heavy atom. The summed E-state index contributed by atoms with van der Waals surface area (Å²) >= 11 is 0. The van der Waals surface area contributed by atoms with E-state index in [1.165, 1.54) is 187 Å². The largest absolute Gasteiger partial charge is 0.0616 e. The third-order valence-electron chi connectivity index (χ3n) is 21.4. The second-order valence-corrected chi connectivity index (χ2v) is 27.1. The summed E-state index contributed by atoms with van der Waals surface area (Å²) in [5.74, 6) is 0. The molecule has 0 bridgehead atoms. The summed E-state index contributed by atoms with van der Waals surface area (Å²) < 4.78 is 0. The van der Waals surface area contributed by atoms with Crippen LogP contribution >= 0.6 is 0 Å². The van der Waals surface area contributed by atoms with Crippen molar-refractivity contribution in [2.75, 3.05) is 0 Å². The van der Waals surface area contributed by atoms with E-state index in [1.807, 2.05) is 0 Å². The van der Waals surface area contributed by atoms with E-state index in [0.717, 1.165) is 0 Å². The molecule has 0 heterocycles. The van der Waals surface area contributed by atoms with E-state index in [0.29, 0.717) is 0 Å². The van der Waals surface area contributed by atoms with Crippen LogP contribution in [0.4, 0.5) is 0 Å². The van der Waals surface area contributed by atoms with Crippen molar-refractivity contribution >= 4 is 64.6 Å². The van der Waals surface area contributed by atoms with Crippen LogP contribution in [0.2, 0.25) is 0 Å². The van der Waals surface area contributed by atoms with Crippen LogP contribution in [0.25, 0.3) is 143 Å². The Morgan fingerprint density at radius 2 is 0.321 bits per heavy atom. The molecule has 0 saturated carbocycles. The van der Waals surface area contributed by atoms with Crippen molar-refractivity contribution in [2.45, 2.75) is 77.0 Å². The predicted molar refractivity (Wildman–Crippen MR) is 358 cm³/mol. The number of benzene rings is 14. The molecule has 0 aromatic heterocycles. The first-order valence-electron chi connectivity index (χ1n) is 30.3. The molecule has 0 nitrogen and oxygen atoms in total. The van der Waals surface area contributed by atoms with Gasteiger partial charge in [-0.3, -0.25) is 0 Å². The normalized spacial score (nSPS) is 15.8. The minimum absolute atomic E-state index is 0.151. The van der Waals surface area contributed by atoms with E-state index in [9.17, 15) is 0 Å². The van der Waals surface area contributed by atoms with Crippen LogP contribution in [0, 0.1) is 0 Å². The first kappa shape index (κ1) is 48.2. The van der Waals surface area contributed by atoms with Crippen molar-refractivity contribution in [3.05, 3.63) is 275 Å². The van der Waals surface area contributed by atoms with Gasteiger partial charge >= 0.3 is 0 Å². The van der Waals surface area contributed by atoms with E-state index in [-0.39, 0.29) is 21.7 Å². The Labute approximate surface area is 491 Å². The first-order valence-corrected chi connectivity index (χ1v) is 30.3. The molecule has 84 heavy (non-hydrogen) atoms. The van der Waals surface area contributed by atoms with Gasteiger partial charge < -0.3 is 0 Å². The third-order valence-corrected chi connectivity index (χ3v) is 21.4. The van der Waals surface area contributed by atoms with Crippen LogP contribution in [0.1, 0.15) is 99.9 Å². The minimum atomic E-state index is -0.176. The van der Waals surface area contributed by atoms with Gasteiger partial charge in [-0.25, -0.2) is 0 Å². The third kappa shape index (κ3) is 6.23. The predicted octanol–water partition coefficient (Wildman–Crippen LogP) is 22.8. The van der Waals surface area contributed by atoms with Gasteiger partial charge in [-0.1, -0.05) is 225 Å². The van der Waals surface area contributed by atoms with Crippen molar-refractivity contribution in [3.63, 3.8) is 0 Å². The monoisotopic (exact) mass is 1070 g/mol. The molecule has 0 fully saturated rings. The summed E-state index contributed by atoms with van der Waals surface area (Å²) in [4.78, 5) is 0. The molecule has 0 atom stereocenters. The zero-order valence-electron chi connectivity index (χ0n) is 48.9. The summed E-state index contributed by atoms with van der Waals surface area (Å²) in [6, 6.07) is 89.3. The summed E-state index contributed by atoms with van der Waals surface area (Å²) in [6.07, 6.45) is 0. The molecule has 0 heteroatoms. The van der Waals surface area contributed by atoms with Crippen molar-refractivity contribution in [1.29, 1.82) is 0 Å². The number of hydrogen-bond donors (Lipinski definition) is 0. The highest BCUT2D eigenvalue weighted by Gasteiger charge is 2.41. The standard InChI is InChI=1S/C84H62/c1-81(2)73-37-47(25-31-61(73)63-33-27-49(39-75(63)81)51-29-35-65-71-43-67-57-21-13-9-17-53(57)55-19-11-15-23-59(55)69(67)45-79(71)83(5,6)77(65)41-51)48-26-32-62-64-34-28-50(40-76(64)82(3,4)74(62)38-48)52-30-36-66-72-44-68-58-22-14-10-18-54(58)56-20-12-16-24-60(56)70(68)46-80(72)84(7,8)78(66)42-52/h9-46H,1-8H3. The SMILES string of the molecule is CC1(C)c2cc(-c3ccc4c(c3)C(C)(C)c3cc(-c5ccc6c(c5)C(C)(C)c5cc7c8ccccc8c8ccccc8c7cc5-6)ccc3-4)ccc2-c2ccc(-c3ccc4c(c3)C(C)(C)c3cc5c6ccccc6c6ccccc6c5cc3-4)cc21. The Hall–Kier alpha value is -9.36. The molecule has 4 aliphatic rings. The van der Waals surface area contributed by atoms with E-state index >= 15 is 0 Å². The zero-order valence-corrected chi connectivity index (χ0v) is 48.9. The summed E-state index contributed by atoms with van der Waals surface area (Å²) in [5.41, 5.74) is 29.0. The van der Waals surface area contributed by atoms with Gasteiger partial charge in [0, 0.05) is 21.7 Å². The second kappa shape index (κ2) is 16.2. The van der Waals surface area contributed by atoms with Crippen LogP contribution in [0.3, 0.4) is 0 Å². The lowest BCUT2D eigenvalue weighted by Crippen LogP contribution is -2.16. The van der Waals surface area contributed by atoms with Crippen LogP contribution in [-0.4, -0.2) is 0 Å². The fraction of sp³-hybridized carbons (Fsp3) is 0.143. The molecule has 4 aliphatic carbocycles. The van der Waals surface area contributed by atoms with Crippen molar-refractivity contribution in [1.82, 2.24) is 0 Å². The Kier molecular flexibility index (Phi) is 9.32. The van der Waals surface area contributed by atoms with E-state index in [1.54, 1.807) is 0 Å². The molecule has 398 valence electrons. The maximum Gasteiger partial charge on any atom is 0.0159 e. The van der Waals surface area contributed by atoms with Gasteiger partial charge in [0.1, 0.15) is 0 Å². The molecular weight excluding hydrogens is 1010 g/mol. The highest BCUT2D eigenvalue weighted by Crippen LogP contribution is 2.57. The summed E-state index contributed by atoms with van der Waals surface area (Å²) in [7, 11) is 0. The van der Waals surface area contributed by atoms with Crippen molar-refractivity contribution in [2.24, 2.45) is 0 Å². The number of hydrogen-bond acceptors (Lipinski definition) is 0. The average molecular weight is 1070 g/mol. The quantitative estimate of drug-likeness (QED) is 0.155. The lowest BCUT2D eigenvalue weighted by molar-refractivity contribution is 0.659. The Morgan fingerprint density at radius 1 is 0.155 bits per heavy atom. The maximum absolute atomic E-state index is 2.51. The minimum Gasteiger partial charge on any atom is -0.0616 e. The fourth-order valence-corrected chi connectivity index (χ4v) is 16.8. The van der Waals surface area contributed by atoms with Gasteiger partial charge in [-0.05, 0) is 248 Å². The summed E-state index contributed by atoms with van der Waals surface area (Å²) in [6.45, 7) is 19.4. The molecule has 0 amide bonds. The molecule has 0 N–H and O–H groups in total. The van der Waals surface area contributed by atoms with E-state index in [4.69, 9.17) is 0 Å². The maximum atomic E-state index is 2.51. The van der Waals surface area contributed by atoms with Crippen LogP contribution < -0.4 is 0 Å². The topological polar surface area (TPSA) is 0 Å². The molecule has 14 aromatic carbocycles. The molecule has 14 aromatic rings. The van der Waals surface area contributed by atoms with Gasteiger partial charge in [-0.2, -0.15) is 0 Å². The Balaban J connectivity index is 0.651. The molecule has 0 spiro atoms. The fourth-order valence-electron chi connectivity index (χ4n) is 16.8. The van der Waals surface area contributed by atoms with Gasteiger partial charge in [0.25, 0.3) is 0 Å². The molecule has 0 unspecified atom stereocenters. The van der Waals surface area contributed by atoms with Crippen LogP contribution in [0.5, 0.6) is 0 Å². The molecular formula is C84H62. The highest BCUT2D eigenvalue weighted by atomic mass is 14.4. The van der Waals surface area contributed by atoms with Gasteiger partial charge in [0.15, 0.2) is 0 Å². The summed E-state index contributed by atoms with van der Waals surface area (Å²) in [5, 5.41) is 15.9. The molecule has 0 saturated heterocycles. The smallest absolute Gasteiger partial charge is 0.0159 e. The molecule has 0 aliphatic heterocycles. The number of rotatable bonds is 3. The van der Waals surface area contributed by atoms with Gasteiger partial charge in [0.05, 0.1) is 0 Å². The molecule has 18 rings (SSSR count). The van der Waals surface area contributed by atoms with Gasteiger partial charge in [-0.15, -0.1) is 0 Å².